The number of aliphatic hydroxyl groups excluding tert-OH is 1. The first-order valence-corrected chi connectivity index (χ1v) is 5.81. The van der Waals surface area contributed by atoms with Crippen molar-refractivity contribution in [3.8, 4) is 0 Å². The van der Waals surface area contributed by atoms with Crippen LogP contribution in [0, 0.1) is 11.8 Å². The molecular formula is C11H22N2O3. The molecule has 1 fully saturated rings. The van der Waals surface area contributed by atoms with E-state index in [2.05, 4.69) is 5.32 Å². The summed E-state index contributed by atoms with van der Waals surface area (Å²) in [4.78, 5) is 11.8. The molecule has 1 rings (SSSR count). The normalized spacial score (nSPS) is 28.8. The van der Waals surface area contributed by atoms with Crippen LogP contribution in [0.2, 0.25) is 0 Å². The largest absolute Gasteiger partial charge is 0.393 e. The lowest BCUT2D eigenvalue weighted by Gasteiger charge is -2.23. The second kappa shape index (κ2) is 5.61. The van der Waals surface area contributed by atoms with Crippen molar-refractivity contribution in [3.63, 3.8) is 0 Å². The maximum absolute atomic E-state index is 11.8. The third-order valence-corrected chi connectivity index (χ3v) is 3.28. The van der Waals surface area contributed by atoms with Crippen LogP contribution in [0.3, 0.4) is 0 Å². The van der Waals surface area contributed by atoms with E-state index in [0.717, 1.165) is 19.3 Å². The Kier molecular flexibility index (Phi) is 4.70. The van der Waals surface area contributed by atoms with E-state index in [1.165, 1.54) is 6.92 Å². The van der Waals surface area contributed by atoms with Gasteiger partial charge in [-0.25, -0.2) is 0 Å². The van der Waals surface area contributed by atoms with E-state index >= 15 is 0 Å². The van der Waals surface area contributed by atoms with Crippen LogP contribution in [0.1, 0.15) is 26.2 Å². The molecule has 1 aliphatic carbocycles. The fourth-order valence-electron chi connectivity index (χ4n) is 2.13. The van der Waals surface area contributed by atoms with Gasteiger partial charge in [0.25, 0.3) is 0 Å². The molecule has 1 aliphatic rings. The van der Waals surface area contributed by atoms with Crippen LogP contribution >= 0.6 is 0 Å². The minimum atomic E-state index is -1.24. The van der Waals surface area contributed by atoms with Crippen molar-refractivity contribution < 1.29 is 15.0 Å². The Bertz CT molecular complexity index is 243. The van der Waals surface area contributed by atoms with E-state index in [9.17, 15) is 9.90 Å². The summed E-state index contributed by atoms with van der Waals surface area (Å²) in [6, 6.07) is 0. The van der Waals surface area contributed by atoms with Gasteiger partial charge in [-0.3, -0.25) is 4.79 Å². The van der Waals surface area contributed by atoms with Crippen molar-refractivity contribution in [2.24, 2.45) is 17.6 Å². The van der Waals surface area contributed by atoms with Gasteiger partial charge in [0, 0.05) is 12.5 Å². The minimum absolute atomic E-state index is 0.0282. The Morgan fingerprint density at radius 1 is 1.56 bits per heavy atom. The molecule has 3 atom stereocenters. The molecule has 3 unspecified atom stereocenters. The van der Waals surface area contributed by atoms with Crippen molar-refractivity contribution in [2.75, 3.05) is 19.7 Å². The average molecular weight is 230 g/mol. The summed E-state index contributed by atoms with van der Waals surface area (Å²) in [6.07, 6.45) is 2.91. The summed E-state index contributed by atoms with van der Waals surface area (Å²) < 4.78 is 0. The zero-order valence-electron chi connectivity index (χ0n) is 9.78. The monoisotopic (exact) mass is 230 g/mol. The van der Waals surface area contributed by atoms with Crippen LogP contribution < -0.4 is 11.1 Å². The molecule has 1 amide bonds. The number of hydrogen-bond acceptors (Lipinski definition) is 4. The van der Waals surface area contributed by atoms with Gasteiger partial charge in [-0.1, -0.05) is 6.42 Å². The molecule has 0 aromatic rings. The number of amides is 1. The van der Waals surface area contributed by atoms with Gasteiger partial charge in [0.15, 0.2) is 0 Å². The third-order valence-electron chi connectivity index (χ3n) is 3.28. The van der Waals surface area contributed by atoms with Gasteiger partial charge in [0.1, 0.15) is 5.60 Å². The second-order valence-electron chi connectivity index (χ2n) is 4.91. The number of nitrogens with two attached hydrogens (primary N) is 1. The summed E-state index contributed by atoms with van der Waals surface area (Å²) in [7, 11) is 0. The van der Waals surface area contributed by atoms with Gasteiger partial charge >= 0.3 is 0 Å². The van der Waals surface area contributed by atoms with Crippen molar-refractivity contribution in [1.29, 1.82) is 0 Å². The topological polar surface area (TPSA) is 95.6 Å². The molecule has 0 spiro atoms. The number of rotatable bonds is 5. The Morgan fingerprint density at radius 3 is 2.81 bits per heavy atom. The maximum Gasteiger partial charge on any atom is 0.223 e. The SMILES string of the molecule is CC(O)(CO)CNC(=O)C1CCCC1CN. The summed E-state index contributed by atoms with van der Waals surface area (Å²) >= 11 is 0. The molecule has 0 aromatic carbocycles. The molecule has 94 valence electrons. The fraction of sp³-hybridized carbons (Fsp3) is 0.909. The molecule has 5 heteroatoms. The van der Waals surface area contributed by atoms with Crippen molar-refractivity contribution in [1.82, 2.24) is 5.32 Å². The van der Waals surface area contributed by atoms with Crippen molar-refractivity contribution in [2.45, 2.75) is 31.8 Å². The van der Waals surface area contributed by atoms with Crippen LogP contribution in [-0.2, 0) is 4.79 Å². The van der Waals surface area contributed by atoms with E-state index in [1.54, 1.807) is 0 Å². The smallest absolute Gasteiger partial charge is 0.223 e. The highest BCUT2D eigenvalue weighted by Crippen LogP contribution is 2.30. The fourth-order valence-corrected chi connectivity index (χ4v) is 2.13. The number of nitrogens with one attached hydrogen (secondary N) is 1. The first-order chi connectivity index (χ1) is 7.50. The Hall–Kier alpha value is -0.650. The third kappa shape index (κ3) is 3.43. The summed E-state index contributed by atoms with van der Waals surface area (Å²) in [5.74, 6) is 0.181. The molecule has 0 bridgehead atoms. The molecule has 5 N–H and O–H groups in total. The summed E-state index contributed by atoms with van der Waals surface area (Å²) in [5, 5.41) is 21.1. The van der Waals surface area contributed by atoms with Crippen LogP contribution in [0.25, 0.3) is 0 Å². The van der Waals surface area contributed by atoms with E-state index in [-0.39, 0.29) is 30.9 Å². The first-order valence-electron chi connectivity index (χ1n) is 5.81. The van der Waals surface area contributed by atoms with Gasteiger partial charge in [0.2, 0.25) is 5.91 Å². The van der Waals surface area contributed by atoms with Crippen molar-refractivity contribution >= 4 is 5.91 Å². The molecule has 0 heterocycles. The lowest BCUT2D eigenvalue weighted by molar-refractivity contribution is -0.127. The zero-order chi connectivity index (χ0) is 12.2. The summed E-state index contributed by atoms with van der Waals surface area (Å²) in [5.41, 5.74) is 4.36. The Labute approximate surface area is 96.0 Å². The second-order valence-corrected chi connectivity index (χ2v) is 4.91. The molecule has 1 saturated carbocycles. The number of aliphatic hydroxyl groups is 2. The average Bonchev–Trinajstić information content (AvgIpc) is 2.74. The highest BCUT2D eigenvalue weighted by atomic mass is 16.3. The Balaban J connectivity index is 2.40. The minimum Gasteiger partial charge on any atom is -0.393 e. The maximum atomic E-state index is 11.8. The van der Waals surface area contributed by atoms with E-state index < -0.39 is 5.60 Å². The molecule has 16 heavy (non-hydrogen) atoms. The van der Waals surface area contributed by atoms with Gasteiger partial charge in [-0.15, -0.1) is 0 Å². The van der Waals surface area contributed by atoms with E-state index in [0.29, 0.717) is 6.54 Å². The van der Waals surface area contributed by atoms with Crippen LogP contribution in [0.5, 0.6) is 0 Å². The van der Waals surface area contributed by atoms with E-state index in [4.69, 9.17) is 10.8 Å². The summed E-state index contributed by atoms with van der Waals surface area (Å²) in [6.45, 7) is 1.74. The van der Waals surface area contributed by atoms with Gasteiger partial charge < -0.3 is 21.3 Å². The number of carbonyl (C=O) groups excluding carboxylic acids is 1. The van der Waals surface area contributed by atoms with Crippen LogP contribution in [-0.4, -0.2) is 41.4 Å². The van der Waals surface area contributed by atoms with Crippen LogP contribution in [0.4, 0.5) is 0 Å². The lowest BCUT2D eigenvalue weighted by Crippen LogP contribution is -2.46. The van der Waals surface area contributed by atoms with Gasteiger partial charge in [0.05, 0.1) is 6.61 Å². The van der Waals surface area contributed by atoms with Crippen molar-refractivity contribution in [3.05, 3.63) is 0 Å². The molecule has 0 aromatic heterocycles. The predicted molar refractivity (Wildman–Crippen MR) is 60.6 cm³/mol. The highest BCUT2D eigenvalue weighted by molar-refractivity contribution is 5.79. The van der Waals surface area contributed by atoms with Gasteiger partial charge in [-0.2, -0.15) is 0 Å². The first kappa shape index (κ1) is 13.4. The van der Waals surface area contributed by atoms with E-state index in [1.807, 2.05) is 0 Å². The molecule has 0 aliphatic heterocycles. The van der Waals surface area contributed by atoms with Gasteiger partial charge in [-0.05, 0) is 32.2 Å². The predicted octanol–water partition coefficient (Wildman–Crippen LogP) is -0.779. The Morgan fingerprint density at radius 2 is 2.25 bits per heavy atom. The number of carbonyl (C=O) groups is 1. The molecule has 0 radical (unpaired) electrons. The lowest BCUT2D eigenvalue weighted by atomic mass is 9.95. The zero-order valence-corrected chi connectivity index (χ0v) is 9.78. The highest BCUT2D eigenvalue weighted by Gasteiger charge is 2.32. The number of hydrogen-bond donors (Lipinski definition) is 4. The quantitative estimate of drug-likeness (QED) is 0.498. The standard InChI is InChI=1S/C11H22N2O3/c1-11(16,7-14)6-13-10(15)9-4-2-3-8(9)5-12/h8-9,14,16H,2-7,12H2,1H3,(H,13,15). The van der Waals surface area contributed by atoms with Crippen LogP contribution in [0.15, 0.2) is 0 Å². The molecule has 0 saturated heterocycles. The molecular weight excluding hydrogens is 208 g/mol. The molecule has 5 nitrogen and oxygen atoms in total.